The van der Waals surface area contributed by atoms with E-state index in [1.165, 1.54) is 0 Å². The van der Waals surface area contributed by atoms with Gasteiger partial charge < -0.3 is 20.5 Å². The normalized spacial score (nSPS) is 26.2. The van der Waals surface area contributed by atoms with Gasteiger partial charge in [0.25, 0.3) is 0 Å². The summed E-state index contributed by atoms with van der Waals surface area (Å²) in [6.07, 6.45) is 2.81. The van der Waals surface area contributed by atoms with Gasteiger partial charge in [0.05, 0.1) is 25.4 Å². The Hall–Kier alpha value is -0.810. The summed E-state index contributed by atoms with van der Waals surface area (Å²) in [7, 11) is 0. The maximum atomic E-state index is 9.85. The van der Waals surface area contributed by atoms with Crippen molar-refractivity contribution in [1.29, 1.82) is 0 Å². The number of aliphatic hydroxyl groups is 1. The van der Waals surface area contributed by atoms with E-state index in [2.05, 4.69) is 4.99 Å². The van der Waals surface area contributed by atoms with Crippen LogP contribution < -0.4 is 5.73 Å². The van der Waals surface area contributed by atoms with Crippen LogP contribution in [-0.4, -0.2) is 54.4 Å². The molecule has 15 heavy (non-hydrogen) atoms. The smallest absolute Gasteiger partial charge is 0.191 e. The van der Waals surface area contributed by atoms with E-state index in [-0.39, 0.29) is 0 Å². The molecule has 3 N–H and O–H groups in total. The van der Waals surface area contributed by atoms with Gasteiger partial charge in [0.15, 0.2) is 5.96 Å². The number of nitrogens with two attached hydrogens (primary N) is 1. The Bertz CT molecular complexity index is 245. The molecule has 0 spiro atoms. The number of aliphatic imine (C=N–C) groups is 1. The molecule has 86 valence electrons. The van der Waals surface area contributed by atoms with Crippen molar-refractivity contribution in [2.75, 3.05) is 32.8 Å². The fourth-order valence-corrected chi connectivity index (χ4v) is 1.86. The fourth-order valence-electron chi connectivity index (χ4n) is 1.86. The molecule has 0 aromatic rings. The maximum absolute atomic E-state index is 9.85. The van der Waals surface area contributed by atoms with Gasteiger partial charge in [-0.3, -0.25) is 4.99 Å². The van der Waals surface area contributed by atoms with Gasteiger partial charge in [-0.25, -0.2) is 0 Å². The molecule has 1 saturated heterocycles. The fraction of sp³-hybridized carbons (Fsp3) is 0.900. The molecule has 0 atom stereocenters. The third-order valence-corrected chi connectivity index (χ3v) is 3.15. The molecule has 0 amide bonds. The first-order valence-corrected chi connectivity index (χ1v) is 5.55. The molecule has 0 unspecified atom stereocenters. The second-order valence-electron chi connectivity index (χ2n) is 4.35. The number of hydrogen-bond donors (Lipinski definition) is 2. The SMILES string of the molecule is NC(=NCC1(O)CCC1)N1CCOCC1. The summed E-state index contributed by atoms with van der Waals surface area (Å²) in [6.45, 7) is 3.46. The monoisotopic (exact) mass is 213 g/mol. The zero-order valence-corrected chi connectivity index (χ0v) is 8.98. The number of guanidine groups is 1. The lowest BCUT2D eigenvalue weighted by Crippen LogP contribution is -2.46. The Balaban J connectivity index is 1.82. The van der Waals surface area contributed by atoms with E-state index in [9.17, 15) is 5.11 Å². The quantitative estimate of drug-likeness (QED) is 0.481. The van der Waals surface area contributed by atoms with Crippen molar-refractivity contribution < 1.29 is 9.84 Å². The first-order valence-electron chi connectivity index (χ1n) is 5.55. The highest BCUT2D eigenvalue weighted by molar-refractivity contribution is 5.78. The van der Waals surface area contributed by atoms with E-state index in [0.717, 1.165) is 32.4 Å². The van der Waals surface area contributed by atoms with Crippen LogP contribution in [0.25, 0.3) is 0 Å². The number of ether oxygens (including phenoxy) is 1. The van der Waals surface area contributed by atoms with Gasteiger partial charge in [0.2, 0.25) is 0 Å². The van der Waals surface area contributed by atoms with Crippen LogP contribution in [0.5, 0.6) is 0 Å². The molecule has 1 aliphatic carbocycles. The van der Waals surface area contributed by atoms with Crippen LogP contribution in [0.2, 0.25) is 0 Å². The second kappa shape index (κ2) is 4.37. The van der Waals surface area contributed by atoms with E-state index in [1.54, 1.807) is 0 Å². The van der Waals surface area contributed by atoms with E-state index >= 15 is 0 Å². The first-order chi connectivity index (χ1) is 7.20. The van der Waals surface area contributed by atoms with Crippen LogP contribution >= 0.6 is 0 Å². The highest BCUT2D eigenvalue weighted by Gasteiger charge is 2.34. The van der Waals surface area contributed by atoms with Crippen molar-refractivity contribution in [2.24, 2.45) is 10.7 Å². The minimum absolute atomic E-state index is 0.441. The molecule has 1 aliphatic heterocycles. The van der Waals surface area contributed by atoms with Crippen molar-refractivity contribution in [1.82, 2.24) is 4.90 Å². The average molecular weight is 213 g/mol. The molecule has 0 aromatic heterocycles. The van der Waals surface area contributed by atoms with Gasteiger partial charge in [-0.1, -0.05) is 0 Å². The molecule has 2 aliphatic rings. The molecule has 0 aromatic carbocycles. The Morgan fingerprint density at radius 3 is 2.60 bits per heavy atom. The number of nitrogens with zero attached hydrogens (tertiary/aromatic N) is 2. The predicted molar refractivity (Wildman–Crippen MR) is 57.7 cm³/mol. The van der Waals surface area contributed by atoms with Gasteiger partial charge in [-0.15, -0.1) is 0 Å². The summed E-state index contributed by atoms with van der Waals surface area (Å²) in [4.78, 5) is 6.26. The maximum Gasteiger partial charge on any atom is 0.191 e. The van der Waals surface area contributed by atoms with Gasteiger partial charge in [0, 0.05) is 13.1 Å². The Labute approximate surface area is 89.9 Å². The standard InChI is InChI=1S/C10H19N3O2/c11-9(13-4-6-15-7-5-13)12-8-10(14)2-1-3-10/h14H,1-8H2,(H2,11,12). The Morgan fingerprint density at radius 1 is 1.40 bits per heavy atom. The third-order valence-electron chi connectivity index (χ3n) is 3.15. The summed E-state index contributed by atoms with van der Waals surface area (Å²) >= 11 is 0. The van der Waals surface area contributed by atoms with Crippen LogP contribution in [0.4, 0.5) is 0 Å². The first kappa shape index (κ1) is 10.7. The average Bonchev–Trinajstić information content (AvgIpc) is 2.24. The summed E-state index contributed by atoms with van der Waals surface area (Å²) in [5, 5.41) is 9.85. The molecule has 1 saturated carbocycles. The van der Waals surface area contributed by atoms with Crippen molar-refractivity contribution >= 4 is 5.96 Å². The lowest BCUT2D eigenvalue weighted by Gasteiger charge is -2.35. The van der Waals surface area contributed by atoms with E-state index < -0.39 is 5.60 Å². The second-order valence-corrected chi connectivity index (χ2v) is 4.35. The summed E-state index contributed by atoms with van der Waals surface area (Å²) < 4.78 is 5.23. The lowest BCUT2D eigenvalue weighted by molar-refractivity contribution is -0.0238. The molecule has 1 heterocycles. The number of morpholine rings is 1. The summed E-state index contributed by atoms with van der Waals surface area (Å²) in [5.41, 5.74) is 5.27. The molecule has 0 radical (unpaired) electrons. The number of rotatable bonds is 2. The van der Waals surface area contributed by atoms with Crippen LogP contribution in [0.1, 0.15) is 19.3 Å². The van der Waals surface area contributed by atoms with Crippen molar-refractivity contribution in [2.45, 2.75) is 24.9 Å². The minimum Gasteiger partial charge on any atom is -0.388 e. The van der Waals surface area contributed by atoms with E-state index in [4.69, 9.17) is 10.5 Å². The molecular weight excluding hydrogens is 194 g/mol. The Morgan fingerprint density at radius 2 is 2.07 bits per heavy atom. The zero-order valence-electron chi connectivity index (χ0n) is 8.98. The topological polar surface area (TPSA) is 71.1 Å². The van der Waals surface area contributed by atoms with Crippen LogP contribution in [0.15, 0.2) is 4.99 Å². The zero-order chi connectivity index (χ0) is 10.7. The van der Waals surface area contributed by atoms with E-state index in [0.29, 0.717) is 25.7 Å². The van der Waals surface area contributed by atoms with Gasteiger partial charge >= 0.3 is 0 Å². The summed E-state index contributed by atoms with van der Waals surface area (Å²) in [6, 6.07) is 0. The highest BCUT2D eigenvalue weighted by Crippen LogP contribution is 2.31. The van der Waals surface area contributed by atoms with Crippen molar-refractivity contribution in [3.63, 3.8) is 0 Å². The van der Waals surface area contributed by atoms with Crippen LogP contribution in [0, 0.1) is 0 Å². The number of hydrogen-bond acceptors (Lipinski definition) is 3. The van der Waals surface area contributed by atoms with Crippen molar-refractivity contribution in [3.8, 4) is 0 Å². The third kappa shape index (κ3) is 2.60. The highest BCUT2D eigenvalue weighted by atomic mass is 16.5. The molecule has 2 rings (SSSR count). The van der Waals surface area contributed by atoms with Crippen molar-refractivity contribution in [3.05, 3.63) is 0 Å². The van der Waals surface area contributed by atoms with Crippen LogP contribution in [0.3, 0.4) is 0 Å². The largest absolute Gasteiger partial charge is 0.388 e. The molecule has 5 heteroatoms. The van der Waals surface area contributed by atoms with E-state index in [1.807, 2.05) is 4.90 Å². The van der Waals surface area contributed by atoms with Gasteiger partial charge in [-0.2, -0.15) is 0 Å². The molecule has 2 fully saturated rings. The van der Waals surface area contributed by atoms with Gasteiger partial charge in [-0.05, 0) is 19.3 Å². The minimum atomic E-state index is -0.573. The predicted octanol–water partition coefficient (Wildman–Crippen LogP) is -0.452. The molecule has 5 nitrogen and oxygen atoms in total. The molecule has 0 bridgehead atoms. The molecular formula is C10H19N3O2. The summed E-state index contributed by atoms with van der Waals surface area (Å²) in [5.74, 6) is 0.540. The Kier molecular flexibility index (Phi) is 3.11. The van der Waals surface area contributed by atoms with Crippen LogP contribution in [-0.2, 0) is 4.74 Å². The van der Waals surface area contributed by atoms with Gasteiger partial charge in [0.1, 0.15) is 0 Å². The lowest BCUT2D eigenvalue weighted by atomic mass is 9.80.